The van der Waals surface area contributed by atoms with E-state index in [1.165, 1.54) is 7.11 Å². The van der Waals surface area contributed by atoms with Crippen molar-refractivity contribution in [1.82, 2.24) is 4.90 Å². The number of nitrogens with zero attached hydrogens (tertiary/aromatic N) is 1. The minimum absolute atomic E-state index is 0.301. The van der Waals surface area contributed by atoms with Crippen LogP contribution < -0.4 is 4.74 Å². The van der Waals surface area contributed by atoms with Crippen LogP contribution in [0.2, 0.25) is 0 Å². The topological polar surface area (TPSA) is 48.0 Å². The first-order valence-electron chi connectivity index (χ1n) is 7.24. The summed E-state index contributed by atoms with van der Waals surface area (Å²) in [5.41, 5.74) is 2.38. The van der Waals surface area contributed by atoms with Gasteiger partial charge in [0.15, 0.2) is 0 Å². The van der Waals surface area contributed by atoms with Crippen LogP contribution in [0.15, 0.2) is 12.1 Å². The van der Waals surface area contributed by atoms with Crippen molar-refractivity contribution in [3.8, 4) is 5.75 Å². The molecule has 1 aromatic rings. The molecule has 0 spiro atoms. The largest absolute Gasteiger partial charge is 0.492 e. The minimum atomic E-state index is -0.301. The van der Waals surface area contributed by atoms with E-state index in [1.54, 1.807) is 0 Å². The molecule has 5 nitrogen and oxygen atoms in total. The van der Waals surface area contributed by atoms with Crippen LogP contribution >= 0.6 is 0 Å². The first kappa shape index (κ1) is 15.8. The van der Waals surface area contributed by atoms with Crippen LogP contribution in [0.1, 0.15) is 21.5 Å². The average molecular weight is 293 g/mol. The summed E-state index contributed by atoms with van der Waals surface area (Å²) < 4.78 is 15.9. The molecular weight excluding hydrogens is 270 g/mol. The molecule has 1 heterocycles. The van der Waals surface area contributed by atoms with E-state index in [9.17, 15) is 4.79 Å². The highest BCUT2D eigenvalue weighted by atomic mass is 16.5. The second-order valence-electron chi connectivity index (χ2n) is 5.23. The number of benzene rings is 1. The van der Waals surface area contributed by atoms with Gasteiger partial charge in [0.25, 0.3) is 0 Å². The summed E-state index contributed by atoms with van der Waals surface area (Å²) in [6.07, 6.45) is 0. The Hall–Kier alpha value is -1.59. The second kappa shape index (κ2) is 7.43. The number of rotatable bonds is 5. The maximum Gasteiger partial charge on any atom is 0.338 e. The lowest BCUT2D eigenvalue weighted by Gasteiger charge is -2.26. The van der Waals surface area contributed by atoms with Crippen LogP contribution in [-0.4, -0.2) is 57.4 Å². The summed E-state index contributed by atoms with van der Waals surface area (Å²) in [4.78, 5) is 14.0. The van der Waals surface area contributed by atoms with Crippen LogP contribution in [0.5, 0.6) is 5.75 Å². The Bertz CT molecular complexity index is 472. The normalized spacial score (nSPS) is 15.8. The lowest BCUT2D eigenvalue weighted by atomic mass is 10.0. The number of aryl methyl sites for hydroxylation is 2. The summed E-state index contributed by atoms with van der Waals surface area (Å²) in [6.45, 7) is 8.84. The molecule has 0 bridgehead atoms. The molecule has 1 aromatic carbocycles. The van der Waals surface area contributed by atoms with Crippen molar-refractivity contribution in [2.24, 2.45) is 0 Å². The summed E-state index contributed by atoms with van der Waals surface area (Å²) >= 11 is 0. The fourth-order valence-electron chi connectivity index (χ4n) is 2.55. The third kappa shape index (κ3) is 4.19. The van der Waals surface area contributed by atoms with E-state index in [4.69, 9.17) is 14.2 Å². The lowest BCUT2D eigenvalue weighted by molar-refractivity contribution is 0.0322. The van der Waals surface area contributed by atoms with Crippen LogP contribution in [0.4, 0.5) is 0 Å². The molecule has 1 aliphatic rings. The van der Waals surface area contributed by atoms with Gasteiger partial charge in [0.1, 0.15) is 12.4 Å². The molecule has 0 saturated carbocycles. The molecule has 0 unspecified atom stereocenters. The van der Waals surface area contributed by atoms with E-state index < -0.39 is 0 Å². The number of methoxy groups -OCH3 is 1. The molecule has 1 fully saturated rings. The molecule has 21 heavy (non-hydrogen) atoms. The molecule has 0 aliphatic carbocycles. The molecule has 0 amide bonds. The van der Waals surface area contributed by atoms with E-state index in [0.717, 1.165) is 49.7 Å². The first-order chi connectivity index (χ1) is 10.1. The van der Waals surface area contributed by atoms with Gasteiger partial charge in [-0.25, -0.2) is 4.79 Å². The number of morpholine rings is 1. The average Bonchev–Trinajstić information content (AvgIpc) is 2.47. The van der Waals surface area contributed by atoms with Gasteiger partial charge in [0, 0.05) is 19.6 Å². The molecular formula is C16H23NO4. The van der Waals surface area contributed by atoms with Gasteiger partial charge in [-0.15, -0.1) is 0 Å². The molecule has 2 rings (SSSR count). The van der Waals surface area contributed by atoms with E-state index in [-0.39, 0.29) is 5.97 Å². The van der Waals surface area contributed by atoms with Gasteiger partial charge in [-0.05, 0) is 37.1 Å². The molecule has 1 aliphatic heterocycles. The highest BCUT2D eigenvalue weighted by molar-refractivity contribution is 5.92. The van der Waals surface area contributed by atoms with Crippen LogP contribution in [-0.2, 0) is 9.47 Å². The maximum absolute atomic E-state index is 11.7. The number of hydrogen-bond donors (Lipinski definition) is 0. The zero-order valence-corrected chi connectivity index (χ0v) is 13.0. The maximum atomic E-state index is 11.7. The Balaban J connectivity index is 1.93. The van der Waals surface area contributed by atoms with E-state index in [0.29, 0.717) is 12.2 Å². The molecule has 0 N–H and O–H groups in total. The molecule has 5 heteroatoms. The number of esters is 1. The van der Waals surface area contributed by atoms with Crippen molar-refractivity contribution in [2.45, 2.75) is 13.8 Å². The fraction of sp³-hybridized carbons (Fsp3) is 0.562. The third-order valence-corrected chi connectivity index (χ3v) is 3.68. The van der Waals surface area contributed by atoms with Gasteiger partial charge in [-0.2, -0.15) is 0 Å². The number of ether oxygens (including phenoxy) is 3. The van der Waals surface area contributed by atoms with Crippen molar-refractivity contribution >= 4 is 5.97 Å². The van der Waals surface area contributed by atoms with Crippen molar-refractivity contribution in [2.75, 3.05) is 46.6 Å². The highest BCUT2D eigenvalue weighted by Crippen LogP contribution is 2.22. The Morgan fingerprint density at radius 1 is 1.24 bits per heavy atom. The second-order valence-corrected chi connectivity index (χ2v) is 5.23. The van der Waals surface area contributed by atoms with Gasteiger partial charge in [0.05, 0.1) is 25.9 Å². The predicted molar refractivity (Wildman–Crippen MR) is 80.0 cm³/mol. The van der Waals surface area contributed by atoms with Gasteiger partial charge in [-0.1, -0.05) is 0 Å². The quantitative estimate of drug-likeness (QED) is 0.775. The summed E-state index contributed by atoms with van der Waals surface area (Å²) in [7, 11) is 1.40. The zero-order chi connectivity index (χ0) is 15.2. The zero-order valence-electron chi connectivity index (χ0n) is 13.0. The van der Waals surface area contributed by atoms with Crippen molar-refractivity contribution in [3.63, 3.8) is 0 Å². The fourth-order valence-corrected chi connectivity index (χ4v) is 2.55. The van der Waals surface area contributed by atoms with E-state index in [2.05, 4.69) is 4.90 Å². The molecule has 116 valence electrons. The van der Waals surface area contributed by atoms with Crippen LogP contribution in [0.3, 0.4) is 0 Å². The lowest BCUT2D eigenvalue weighted by Crippen LogP contribution is -2.38. The van der Waals surface area contributed by atoms with Gasteiger partial charge < -0.3 is 14.2 Å². The summed E-state index contributed by atoms with van der Waals surface area (Å²) in [5, 5.41) is 0. The molecule has 0 aromatic heterocycles. The SMILES string of the molecule is COC(=O)c1c(C)cc(OCCN2CCOCC2)cc1C. The van der Waals surface area contributed by atoms with Gasteiger partial charge >= 0.3 is 5.97 Å². The third-order valence-electron chi connectivity index (χ3n) is 3.68. The monoisotopic (exact) mass is 293 g/mol. The highest BCUT2D eigenvalue weighted by Gasteiger charge is 2.14. The first-order valence-corrected chi connectivity index (χ1v) is 7.24. The smallest absolute Gasteiger partial charge is 0.338 e. The van der Waals surface area contributed by atoms with Crippen molar-refractivity contribution in [1.29, 1.82) is 0 Å². The van der Waals surface area contributed by atoms with Gasteiger partial charge in [0.2, 0.25) is 0 Å². The number of hydrogen-bond acceptors (Lipinski definition) is 5. The summed E-state index contributed by atoms with van der Waals surface area (Å²) in [6, 6.07) is 3.77. The Labute approximate surface area is 125 Å². The predicted octanol–water partition coefficient (Wildman–Crippen LogP) is 1.80. The standard InChI is InChI=1S/C16H23NO4/c1-12-10-14(11-13(2)15(12)16(18)19-3)21-9-6-17-4-7-20-8-5-17/h10-11H,4-9H2,1-3H3. The van der Waals surface area contributed by atoms with E-state index in [1.807, 2.05) is 26.0 Å². The van der Waals surface area contributed by atoms with Crippen molar-refractivity contribution < 1.29 is 19.0 Å². The molecule has 0 radical (unpaired) electrons. The van der Waals surface area contributed by atoms with Gasteiger partial charge in [-0.3, -0.25) is 4.90 Å². The Morgan fingerprint density at radius 2 is 1.86 bits per heavy atom. The van der Waals surface area contributed by atoms with Crippen molar-refractivity contribution in [3.05, 3.63) is 28.8 Å². The molecule has 0 atom stereocenters. The Kier molecular flexibility index (Phi) is 5.59. The van der Waals surface area contributed by atoms with Crippen LogP contribution in [0.25, 0.3) is 0 Å². The van der Waals surface area contributed by atoms with Crippen LogP contribution in [0, 0.1) is 13.8 Å². The minimum Gasteiger partial charge on any atom is -0.492 e. The Morgan fingerprint density at radius 3 is 2.43 bits per heavy atom. The van der Waals surface area contributed by atoms with E-state index >= 15 is 0 Å². The summed E-state index contributed by atoms with van der Waals surface area (Å²) in [5.74, 6) is 0.496. The number of carbonyl (C=O) groups excluding carboxylic acids is 1. The number of carbonyl (C=O) groups is 1. The molecule has 1 saturated heterocycles.